The Hall–Kier alpha value is -2.12. The number of amides is 1. The van der Waals surface area contributed by atoms with Crippen molar-refractivity contribution in [3.8, 4) is 0 Å². The van der Waals surface area contributed by atoms with Crippen molar-refractivity contribution in [2.75, 3.05) is 6.61 Å². The summed E-state index contributed by atoms with van der Waals surface area (Å²) >= 11 is 0. The molecule has 0 aliphatic heterocycles. The number of carbonyl (C=O) groups excluding carboxylic acids is 2. The Balaban J connectivity index is 4.11. The second kappa shape index (κ2) is 7.21. The minimum absolute atomic E-state index is 0.263. The van der Waals surface area contributed by atoms with Crippen molar-refractivity contribution < 1.29 is 34.1 Å². The quantitative estimate of drug-likeness (QED) is 0.492. The first-order valence-corrected chi connectivity index (χ1v) is 4.29. The minimum atomic E-state index is -1.37. The van der Waals surface area contributed by atoms with Gasteiger partial charge in [0.25, 0.3) is 0 Å². The third-order valence-corrected chi connectivity index (χ3v) is 1.52. The average molecular weight is 233 g/mol. The fourth-order valence-electron chi connectivity index (χ4n) is 0.819. The topological polar surface area (TPSA) is 130 Å². The van der Waals surface area contributed by atoms with Crippen LogP contribution in [0.15, 0.2) is 0 Å². The van der Waals surface area contributed by atoms with E-state index < -0.39 is 37.1 Å². The highest BCUT2D eigenvalue weighted by molar-refractivity contribution is 5.81. The molecule has 1 unspecified atom stereocenters. The summed E-state index contributed by atoms with van der Waals surface area (Å²) in [6.45, 7) is -0.489. The number of carbonyl (C=O) groups is 4. The predicted octanol–water partition coefficient (Wildman–Crippen LogP) is -0.771. The van der Waals surface area contributed by atoms with Gasteiger partial charge in [0, 0.05) is 6.42 Å². The van der Waals surface area contributed by atoms with Gasteiger partial charge in [-0.2, -0.15) is 0 Å². The Bertz CT molecular complexity index is 288. The van der Waals surface area contributed by atoms with Gasteiger partial charge in [-0.3, -0.25) is 9.59 Å². The van der Waals surface area contributed by atoms with Crippen LogP contribution in [0.25, 0.3) is 0 Å². The number of nitrogens with one attached hydrogen (secondary N) is 1. The molecule has 1 amide bonds. The third-order valence-electron chi connectivity index (χ3n) is 1.52. The standard InChI is InChI=1S/C8H11NO7/c10-3-4-16-8(15)9-5(7(13)14)1-2-6(11)12/h3,5H,1-2,4H2,(H,9,15)(H,11,12)(H,13,14). The molecule has 0 bridgehead atoms. The van der Waals surface area contributed by atoms with Gasteiger partial charge in [-0.25, -0.2) is 9.59 Å². The van der Waals surface area contributed by atoms with E-state index in [1.165, 1.54) is 0 Å². The van der Waals surface area contributed by atoms with Crippen molar-refractivity contribution in [3.05, 3.63) is 0 Å². The number of carboxylic acid groups (broad SMARTS) is 2. The van der Waals surface area contributed by atoms with Crippen molar-refractivity contribution in [2.45, 2.75) is 18.9 Å². The Morgan fingerprint density at radius 2 is 1.94 bits per heavy atom. The van der Waals surface area contributed by atoms with Crippen LogP contribution in [0, 0.1) is 0 Å². The van der Waals surface area contributed by atoms with E-state index in [1.54, 1.807) is 0 Å². The lowest BCUT2D eigenvalue weighted by Gasteiger charge is -2.12. The smallest absolute Gasteiger partial charge is 0.408 e. The molecule has 0 aromatic carbocycles. The molecule has 8 nitrogen and oxygen atoms in total. The van der Waals surface area contributed by atoms with Gasteiger partial charge in [0.15, 0.2) is 6.29 Å². The van der Waals surface area contributed by atoms with Crippen LogP contribution in [0.5, 0.6) is 0 Å². The summed E-state index contributed by atoms with van der Waals surface area (Å²) in [5, 5.41) is 18.9. The van der Waals surface area contributed by atoms with Crippen LogP contribution in [0.2, 0.25) is 0 Å². The van der Waals surface area contributed by atoms with Gasteiger partial charge in [0.05, 0.1) is 0 Å². The number of alkyl carbamates (subject to hydrolysis) is 1. The minimum Gasteiger partial charge on any atom is -0.481 e. The molecular weight excluding hydrogens is 222 g/mol. The number of hydrogen-bond acceptors (Lipinski definition) is 5. The van der Waals surface area contributed by atoms with Crippen LogP contribution in [0.3, 0.4) is 0 Å². The molecule has 1 atom stereocenters. The molecule has 0 saturated carbocycles. The lowest BCUT2D eigenvalue weighted by Crippen LogP contribution is -2.41. The second-order valence-electron chi connectivity index (χ2n) is 2.73. The lowest BCUT2D eigenvalue weighted by atomic mass is 10.1. The summed E-state index contributed by atoms with van der Waals surface area (Å²) in [5.41, 5.74) is 0. The van der Waals surface area contributed by atoms with Gasteiger partial charge in [0.2, 0.25) is 0 Å². The van der Waals surface area contributed by atoms with Crippen molar-refractivity contribution in [1.29, 1.82) is 0 Å². The molecule has 0 fully saturated rings. The largest absolute Gasteiger partial charge is 0.481 e. The van der Waals surface area contributed by atoms with E-state index in [0.29, 0.717) is 6.29 Å². The first kappa shape index (κ1) is 13.9. The van der Waals surface area contributed by atoms with E-state index in [2.05, 4.69) is 4.74 Å². The Morgan fingerprint density at radius 3 is 2.38 bits per heavy atom. The van der Waals surface area contributed by atoms with Crippen LogP contribution in [-0.2, 0) is 19.1 Å². The van der Waals surface area contributed by atoms with E-state index in [9.17, 15) is 19.2 Å². The summed E-state index contributed by atoms with van der Waals surface area (Å²) in [4.78, 5) is 41.5. The van der Waals surface area contributed by atoms with Crippen molar-refractivity contribution >= 4 is 24.3 Å². The molecule has 3 N–H and O–H groups in total. The van der Waals surface area contributed by atoms with Gasteiger partial charge in [-0.05, 0) is 6.42 Å². The molecule has 8 heteroatoms. The number of aldehydes is 1. The number of hydrogen-bond donors (Lipinski definition) is 3. The Kier molecular flexibility index (Phi) is 6.25. The van der Waals surface area contributed by atoms with Gasteiger partial charge < -0.3 is 20.3 Å². The van der Waals surface area contributed by atoms with Crippen molar-refractivity contribution in [3.63, 3.8) is 0 Å². The van der Waals surface area contributed by atoms with Crippen LogP contribution >= 0.6 is 0 Å². The highest BCUT2D eigenvalue weighted by atomic mass is 16.5. The van der Waals surface area contributed by atoms with Crippen molar-refractivity contribution in [1.82, 2.24) is 5.32 Å². The van der Waals surface area contributed by atoms with E-state index in [0.717, 1.165) is 0 Å². The average Bonchev–Trinajstić information content (AvgIpc) is 2.20. The first-order valence-electron chi connectivity index (χ1n) is 4.29. The summed E-state index contributed by atoms with van der Waals surface area (Å²) in [5.74, 6) is -2.54. The molecule has 0 heterocycles. The highest BCUT2D eigenvalue weighted by Crippen LogP contribution is 1.98. The summed E-state index contributed by atoms with van der Waals surface area (Å²) in [6, 6.07) is -1.35. The maximum absolute atomic E-state index is 10.9. The molecule has 16 heavy (non-hydrogen) atoms. The van der Waals surface area contributed by atoms with E-state index in [1.807, 2.05) is 5.32 Å². The van der Waals surface area contributed by atoms with Crippen LogP contribution in [0.1, 0.15) is 12.8 Å². The third kappa shape index (κ3) is 6.35. The lowest BCUT2D eigenvalue weighted by molar-refractivity contribution is -0.140. The molecule has 0 spiro atoms. The van der Waals surface area contributed by atoms with Crippen molar-refractivity contribution in [2.24, 2.45) is 0 Å². The van der Waals surface area contributed by atoms with Crippen LogP contribution in [-0.4, -0.2) is 47.2 Å². The zero-order valence-corrected chi connectivity index (χ0v) is 8.21. The van der Waals surface area contributed by atoms with E-state index >= 15 is 0 Å². The number of aliphatic carboxylic acids is 2. The number of carboxylic acids is 2. The fraction of sp³-hybridized carbons (Fsp3) is 0.500. The normalized spacial score (nSPS) is 11.2. The van der Waals surface area contributed by atoms with Gasteiger partial charge >= 0.3 is 18.0 Å². The maximum atomic E-state index is 10.9. The molecule has 0 aliphatic carbocycles. The molecule has 0 saturated heterocycles. The fourth-order valence-corrected chi connectivity index (χ4v) is 0.819. The zero-order chi connectivity index (χ0) is 12.6. The van der Waals surface area contributed by atoms with E-state index in [4.69, 9.17) is 10.2 Å². The zero-order valence-electron chi connectivity index (χ0n) is 8.21. The second-order valence-corrected chi connectivity index (χ2v) is 2.73. The summed E-state index contributed by atoms with van der Waals surface area (Å²) in [6.07, 6.45) is -1.41. The van der Waals surface area contributed by atoms with Crippen LogP contribution in [0.4, 0.5) is 4.79 Å². The number of ether oxygens (including phenoxy) is 1. The summed E-state index contributed by atoms with van der Waals surface area (Å²) in [7, 11) is 0. The molecule has 90 valence electrons. The van der Waals surface area contributed by atoms with Gasteiger partial charge in [-0.1, -0.05) is 0 Å². The molecule has 0 aromatic heterocycles. The summed E-state index contributed by atoms with van der Waals surface area (Å²) < 4.78 is 4.25. The Labute approximate surface area is 90.2 Å². The Morgan fingerprint density at radius 1 is 1.31 bits per heavy atom. The molecular formula is C8H11NO7. The molecule has 0 rings (SSSR count). The van der Waals surface area contributed by atoms with Gasteiger partial charge in [0.1, 0.15) is 12.6 Å². The highest BCUT2D eigenvalue weighted by Gasteiger charge is 2.21. The monoisotopic (exact) mass is 233 g/mol. The maximum Gasteiger partial charge on any atom is 0.408 e. The predicted molar refractivity (Wildman–Crippen MR) is 48.8 cm³/mol. The molecule has 0 radical (unpaired) electrons. The molecule has 0 aromatic rings. The molecule has 0 aliphatic rings. The van der Waals surface area contributed by atoms with E-state index in [-0.39, 0.29) is 6.42 Å². The first-order chi connectivity index (χ1) is 7.47. The number of rotatable bonds is 7. The SMILES string of the molecule is O=CCOC(=O)NC(CCC(=O)O)C(=O)O. The van der Waals surface area contributed by atoms with Gasteiger partial charge in [-0.15, -0.1) is 0 Å². The van der Waals surface area contributed by atoms with Crippen LogP contribution < -0.4 is 5.32 Å².